The van der Waals surface area contributed by atoms with E-state index in [9.17, 15) is 9.59 Å². The van der Waals surface area contributed by atoms with Crippen LogP contribution < -0.4 is 0 Å². The van der Waals surface area contributed by atoms with Gasteiger partial charge < -0.3 is 14.7 Å². The first-order valence-corrected chi connectivity index (χ1v) is 5.88. The van der Waals surface area contributed by atoms with Gasteiger partial charge in [-0.25, -0.2) is 0 Å². The van der Waals surface area contributed by atoms with Crippen LogP contribution in [0.4, 0.5) is 0 Å². The Morgan fingerprint density at radius 1 is 1.42 bits per heavy atom. The van der Waals surface area contributed by atoms with Gasteiger partial charge in [0.05, 0.1) is 17.9 Å². The number of aliphatic carboxylic acids is 1. The lowest BCUT2D eigenvalue weighted by atomic mass is 10.1. The van der Waals surface area contributed by atoms with Crippen LogP contribution in [0.25, 0.3) is 0 Å². The summed E-state index contributed by atoms with van der Waals surface area (Å²) in [7, 11) is 3.25. The fraction of sp³-hybridized carbons (Fsp3) is 0.583. The molecule has 0 aliphatic heterocycles. The fourth-order valence-electron chi connectivity index (χ4n) is 1.86. The molecule has 0 aliphatic rings. The smallest absolute Gasteiger partial charge is 0.323 e. The minimum atomic E-state index is -1.05. The molecule has 106 valence electrons. The minimum Gasteiger partial charge on any atom is -0.480 e. The summed E-state index contributed by atoms with van der Waals surface area (Å²) in [5.41, 5.74) is 1.77. The first kappa shape index (κ1) is 15.2. The van der Waals surface area contributed by atoms with E-state index in [0.29, 0.717) is 11.3 Å². The van der Waals surface area contributed by atoms with Crippen molar-refractivity contribution in [3.05, 3.63) is 17.0 Å². The second-order valence-corrected chi connectivity index (χ2v) is 4.28. The zero-order valence-electron chi connectivity index (χ0n) is 11.6. The predicted octanol–water partition coefficient (Wildman–Crippen LogP) is 0.210. The predicted molar refractivity (Wildman–Crippen MR) is 68.1 cm³/mol. The van der Waals surface area contributed by atoms with Gasteiger partial charge in [0.25, 0.3) is 5.91 Å². The molecule has 19 heavy (non-hydrogen) atoms. The quantitative estimate of drug-likeness (QED) is 0.798. The molecule has 1 amide bonds. The third kappa shape index (κ3) is 3.54. The highest BCUT2D eigenvalue weighted by atomic mass is 16.5. The second-order valence-electron chi connectivity index (χ2n) is 4.28. The van der Waals surface area contributed by atoms with Crippen LogP contribution in [0, 0.1) is 13.8 Å². The largest absolute Gasteiger partial charge is 0.480 e. The summed E-state index contributed by atoms with van der Waals surface area (Å²) in [5, 5.41) is 13.0. The molecule has 1 rings (SSSR count). The van der Waals surface area contributed by atoms with Crippen LogP contribution in [0.3, 0.4) is 0 Å². The number of methoxy groups -OCH3 is 1. The van der Waals surface area contributed by atoms with E-state index >= 15 is 0 Å². The molecule has 1 heterocycles. The van der Waals surface area contributed by atoms with Gasteiger partial charge in [-0.1, -0.05) is 0 Å². The average Bonchev–Trinajstić information content (AvgIpc) is 2.57. The van der Waals surface area contributed by atoms with Crippen molar-refractivity contribution < 1.29 is 19.4 Å². The summed E-state index contributed by atoms with van der Waals surface area (Å²) in [6, 6.07) is 0. The highest BCUT2D eigenvalue weighted by Crippen LogP contribution is 2.14. The molecule has 0 aromatic carbocycles. The Hall–Kier alpha value is -1.89. The number of carbonyl (C=O) groups excluding carboxylic acids is 1. The van der Waals surface area contributed by atoms with Crippen molar-refractivity contribution in [2.45, 2.75) is 13.8 Å². The van der Waals surface area contributed by atoms with E-state index < -0.39 is 5.97 Å². The van der Waals surface area contributed by atoms with Crippen molar-refractivity contribution in [2.75, 3.05) is 26.8 Å². The summed E-state index contributed by atoms with van der Waals surface area (Å²) in [4.78, 5) is 24.5. The zero-order valence-corrected chi connectivity index (χ0v) is 11.6. The summed E-state index contributed by atoms with van der Waals surface area (Å²) < 4.78 is 6.51. The number of aromatic nitrogens is 2. The molecule has 0 fully saturated rings. The highest BCUT2D eigenvalue weighted by Gasteiger charge is 2.24. The van der Waals surface area contributed by atoms with E-state index in [2.05, 4.69) is 5.10 Å². The maximum absolute atomic E-state index is 12.4. The van der Waals surface area contributed by atoms with Gasteiger partial charge in [-0.3, -0.25) is 14.3 Å². The van der Waals surface area contributed by atoms with Crippen LogP contribution in [0.5, 0.6) is 0 Å². The summed E-state index contributed by atoms with van der Waals surface area (Å²) in [5.74, 6) is -1.38. The standard InChI is InChI=1S/C12H19N3O4/c1-8-11(9(2)14(3)13-8)12(18)15(5-6-19-4)7-10(16)17/h5-7H2,1-4H3,(H,16,17). The van der Waals surface area contributed by atoms with Gasteiger partial charge in [0.1, 0.15) is 6.54 Å². The third-order valence-electron chi connectivity index (χ3n) is 2.90. The van der Waals surface area contributed by atoms with Gasteiger partial charge >= 0.3 is 5.97 Å². The maximum atomic E-state index is 12.4. The molecule has 0 radical (unpaired) electrons. The van der Waals surface area contributed by atoms with Crippen molar-refractivity contribution in [3.63, 3.8) is 0 Å². The molecule has 0 unspecified atom stereocenters. The topological polar surface area (TPSA) is 84.7 Å². The SMILES string of the molecule is COCCN(CC(=O)O)C(=O)c1c(C)nn(C)c1C. The van der Waals surface area contributed by atoms with Gasteiger partial charge in [0.15, 0.2) is 0 Å². The van der Waals surface area contributed by atoms with E-state index in [0.717, 1.165) is 5.69 Å². The molecule has 7 nitrogen and oxygen atoms in total. The van der Waals surface area contributed by atoms with Crippen LogP contribution in [0.1, 0.15) is 21.7 Å². The number of rotatable bonds is 6. The number of ether oxygens (including phenoxy) is 1. The van der Waals surface area contributed by atoms with Gasteiger partial charge in [-0.05, 0) is 13.8 Å². The second kappa shape index (κ2) is 6.33. The number of hydrogen-bond donors (Lipinski definition) is 1. The molecule has 0 saturated heterocycles. The van der Waals surface area contributed by atoms with E-state index in [-0.39, 0.29) is 25.6 Å². The number of hydrogen-bond acceptors (Lipinski definition) is 4. The zero-order chi connectivity index (χ0) is 14.6. The Kier molecular flexibility index (Phi) is 5.05. The minimum absolute atomic E-state index is 0.232. The molecule has 0 bridgehead atoms. The average molecular weight is 269 g/mol. The van der Waals surface area contributed by atoms with Crippen molar-refractivity contribution in [1.29, 1.82) is 0 Å². The molecule has 1 N–H and O–H groups in total. The van der Waals surface area contributed by atoms with Crippen LogP contribution in [0.15, 0.2) is 0 Å². The molecule has 1 aromatic heterocycles. The first-order chi connectivity index (χ1) is 8.88. The van der Waals surface area contributed by atoms with Crippen molar-refractivity contribution in [2.24, 2.45) is 7.05 Å². The number of carboxylic acids is 1. The first-order valence-electron chi connectivity index (χ1n) is 5.88. The van der Waals surface area contributed by atoms with Crippen LogP contribution >= 0.6 is 0 Å². The Morgan fingerprint density at radius 2 is 2.05 bits per heavy atom. The Labute approximate surface area is 111 Å². The highest BCUT2D eigenvalue weighted by molar-refractivity contribution is 5.97. The summed E-state index contributed by atoms with van der Waals surface area (Å²) in [6.45, 7) is 3.68. The molecule has 7 heteroatoms. The van der Waals surface area contributed by atoms with Crippen molar-refractivity contribution in [3.8, 4) is 0 Å². The number of amides is 1. The third-order valence-corrected chi connectivity index (χ3v) is 2.90. The van der Waals surface area contributed by atoms with E-state index in [4.69, 9.17) is 9.84 Å². The molecule has 0 spiro atoms. The van der Waals surface area contributed by atoms with Gasteiger partial charge in [0, 0.05) is 26.4 Å². The van der Waals surface area contributed by atoms with E-state index in [1.54, 1.807) is 25.6 Å². The molecule has 0 atom stereocenters. The van der Waals surface area contributed by atoms with E-state index in [1.165, 1.54) is 12.0 Å². The van der Waals surface area contributed by atoms with Gasteiger partial charge in [-0.15, -0.1) is 0 Å². The lowest BCUT2D eigenvalue weighted by molar-refractivity contribution is -0.137. The maximum Gasteiger partial charge on any atom is 0.323 e. The summed E-state index contributed by atoms with van der Waals surface area (Å²) >= 11 is 0. The van der Waals surface area contributed by atoms with Crippen LogP contribution in [-0.2, 0) is 16.6 Å². The molecular formula is C12H19N3O4. The van der Waals surface area contributed by atoms with Gasteiger partial charge in [0.2, 0.25) is 0 Å². The number of aryl methyl sites for hydroxylation is 2. The number of carbonyl (C=O) groups is 2. The lowest BCUT2D eigenvalue weighted by Crippen LogP contribution is -2.38. The molecule has 0 aliphatic carbocycles. The van der Waals surface area contributed by atoms with Gasteiger partial charge in [-0.2, -0.15) is 5.10 Å². The van der Waals surface area contributed by atoms with Crippen molar-refractivity contribution in [1.82, 2.24) is 14.7 Å². The lowest BCUT2D eigenvalue weighted by Gasteiger charge is -2.20. The monoisotopic (exact) mass is 269 g/mol. The number of nitrogens with zero attached hydrogens (tertiary/aromatic N) is 3. The molecule has 0 saturated carbocycles. The van der Waals surface area contributed by atoms with Crippen LogP contribution in [0.2, 0.25) is 0 Å². The molecular weight excluding hydrogens is 250 g/mol. The Bertz CT molecular complexity index is 482. The van der Waals surface area contributed by atoms with Crippen LogP contribution in [-0.4, -0.2) is 58.5 Å². The molecule has 1 aromatic rings. The Balaban J connectivity index is 3.00. The van der Waals surface area contributed by atoms with E-state index in [1.807, 2.05) is 0 Å². The number of carboxylic acid groups (broad SMARTS) is 1. The summed E-state index contributed by atoms with van der Waals surface area (Å²) in [6.07, 6.45) is 0. The Morgan fingerprint density at radius 3 is 2.47 bits per heavy atom. The van der Waals surface area contributed by atoms with Crippen molar-refractivity contribution >= 4 is 11.9 Å². The fourth-order valence-corrected chi connectivity index (χ4v) is 1.86. The normalized spacial score (nSPS) is 10.5.